The molecular weight excluding hydrogens is 769 g/mol. The van der Waals surface area contributed by atoms with Gasteiger partial charge in [-0.05, 0) is 98.5 Å². The van der Waals surface area contributed by atoms with Crippen molar-refractivity contribution in [3.05, 3.63) is 217 Å². The van der Waals surface area contributed by atoms with Crippen LogP contribution in [0.15, 0.2) is 211 Å². The number of rotatable bonds is 4. The standard InChI is InChI=1S/C37H26N2.C13H10O.C6H10.C2H6.H4N2/c1-25-10-9-13-29(24-25)39-35-17-8-6-15-31(35)33-23-22-32-30-14-5-7-16-34(30)38(36(32)37(33)39)28-20-18-27(19-21-28)26-11-3-2-4-12-26;1-9-5-4-8-12-13(9)10-6-2-3-7-11(10)14-12;1-4-6(3)5-2;2*1-2/h2-24H,1H3;2-8H,1H3;4-5H,1H2,2-3H3;1-2H3;1-2H2/b;;6-5-;;. The average Bonchev–Trinajstić information content (AvgIpc) is 4.02. The molecule has 314 valence electrons. The molecule has 0 aliphatic heterocycles. The van der Waals surface area contributed by atoms with Gasteiger partial charge in [-0.1, -0.05) is 172 Å². The molecule has 0 aliphatic carbocycles. The van der Waals surface area contributed by atoms with Crippen LogP contribution in [0.25, 0.3) is 88.1 Å². The van der Waals surface area contributed by atoms with Crippen LogP contribution in [0.3, 0.4) is 0 Å². The van der Waals surface area contributed by atoms with Crippen LogP contribution in [-0.2, 0) is 0 Å². The van der Waals surface area contributed by atoms with E-state index in [0.717, 1.165) is 16.9 Å². The minimum Gasteiger partial charge on any atom is -0.456 e. The van der Waals surface area contributed by atoms with Crippen LogP contribution in [0.2, 0.25) is 0 Å². The first kappa shape index (κ1) is 43.6. The second-order valence-corrected chi connectivity index (χ2v) is 15.1. The summed E-state index contributed by atoms with van der Waals surface area (Å²) in [6.07, 6.45) is 3.85. The molecule has 0 amide bonds. The molecule has 0 fully saturated rings. The van der Waals surface area contributed by atoms with Crippen LogP contribution in [0.4, 0.5) is 0 Å². The summed E-state index contributed by atoms with van der Waals surface area (Å²) in [5, 5.41) is 7.52. The average molecular weight is 825 g/mol. The Balaban J connectivity index is 0.000000204. The molecule has 0 atom stereocenters. The van der Waals surface area contributed by atoms with Crippen molar-refractivity contribution in [1.82, 2.24) is 9.13 Å². The van der Waals surface area contributed by atoms with Gasteiger partial charge in [0.05, 0.1) is 22.1 Å². The van der Waals surface area contributed by atoms with E-state index in [4.69, 9.17) is 4.42 Å². The van der Waals surface area contributed by atoms with Gasteiger partial charge < -0.3 is 13.6 Å². The Bertz CT molecular complexity index is 3330. The molecular formula is C58H56N4O. The van der Waals surface area contributed by atoms with Crippen LogP contribution in [0, 0.1) is 13.8 Å². The summed E-state index contributed by atoms with van der Waals surface area (Å²) in [6, 6.07) is 64.9. The Kier molecular flexibility index (Phi) is 13.8. The summed E-state index contributed by atoms with van der Waals surface area (Å²) < 4.78 is 10.6. The van der Waals surface area contributed by atoms with Gasteiger partial charge in [-0.3, -0.25) is 11.7 Å². The molecule has 0 aliphatic rings. The fourth-order valence-corrected chi connectivity index (χ4v) is 8.31. The van der Waals surface area contributed by atoms with Gasteiger partial charge in [0.2, 0.25) is 0 Å². The van der Waals surface area contributed by atoms with Crippen LogP contribution >= 0.6 is 0 Å². The lowest BCUT2D eigenvalue weighted by atomic mass is 10.1. The molecule has 5 nitrogen and oxygen atoms in total. The predicted molar refractivity (Wildman–Crippen MR) is 273 cm³/mol. The summed E-state index contributed by atoms with van der Waals surface area (Å²) in [5.41, 5.74) is 15.4. The van der Waals surface area contributed by atoms with Gasteiger partial charge in [-0.2, -0.15) is 0 Å². The lowest BCUT2D eigenvalue weighted by Crippen LogP contribution is -2.02. The van der Waals surface area contributed by atoms with Crippen molar-refractivity contribution in [2.45, 2.75) is 41.5 Å². The van der Waals surface area contributed by atoms with Crippen LogP contribution in [0.5, 0.6) is 0 Å². The minimum atomic E-state index is 0.969. The van der Waals surface area contributed by atoms with Crippen molar-refractivity contribution >= 4 is 65.6 Å². The Morgan fingerprint density at radius 3 is 1.59 bits per heavy atom. The van der Waals surface area contributed by atoms with E-state index >= 15 is 0 Å². The number of hydrazine groups is 1. The van der Waals surface area contributed by atoms with Crippen molar-refractivity contribution in [1.29, 1.82) is 0 Å². The molecule has 0 radical (unpaired) electrons. The quantitative estimate of drug-likeness (QED) is 0.105. The van der Waals surface area contributed by atoms with Crippen molar-refractivity contribution in [2.75, 3.05) is 0 Å². The third-order valence-corrected chi connectivity index (χ3v) is 11.3. The molecule has 0 unspecified atom stereocenters. The minimum absolute atomic E-state index is 0.969. The predicted octanol–water partition coefficient (Wildman–Crippen LogP) is 15.7. The maximum atomic E-state index is 5.73. The van der Waals surface area contributed by atoms with E-state index in [-0.39, 0.29) is 0 Å². The number of furan rings is 1. The zero-order chi connectivity index (χ0) is 44.5. The van der Waals surface area contributed by atoms with E-state index in [1.165, 1.54) is 87.9 Å². The second-order valence-electron chi connectivity index (χ2n) is 15.1. The van der Waals surface area contributed by atoms with Crippen molar-refractivity contribution < 1.29 is 4.42 Å². The van der Waals surface area contributed by atoms with Crippen LogP contribution in [0.1, 0.15) is 38.8 Å². The Morgan fingerprint density at radius 1 is 0.508 bits per heavy atom. The van der Waals surface area contributed by atoms with E-state index in [2.05, 4.69) is 193 Å². The first-order chi connectivity index (χ1) is 30.9. The third-order valence-electron chi connectivity index (χ3n) is 11.3. The largest absolute Gasteiger partial charge is 0.456 e. The maximum absolute atomic E-state index is 5.73. The van der Waals surface area contributed by atoms with Gasteiger partial charge in [0, 0.05) is 43.7 Å². The SMILES string of the molecule is C=C/C(C)=C\C.CC.Cc1cccc(-n2c3ccccc3c3ccc4c5ccccc5n(-c5ccc(-c6ccccc6)cc5)c4c32)c1.Cc1cccc2oc3ccccc3c12.NN. The van der Waals surface area contributed by atoms with Gasteiger partial charge >= 0.3 is 0 Å². The van der Waals surface area contributed by atoms with E-state index in [9.17, 15) is 0 Å². The summed E-state index contributed by atoms with van der Waals surface area (Å²) in [5.74, 6) is 8.00. The fraction of sp³-hybridized carbons (Fsp3) is 0.103. The van der Waals surface area contributed by atoms with E-state index in [1.54, 1.807) is 0 Å². The van der Waals surface area contributed by atoms with Gasteiger partial charge in [-0.15, -0.1) is 0 Å². The van der Waals surface area contributed by atoms with Gasteiger partial charge in [0.25, 0.3) is 0 Å². The summed E-state index contributed by atoms with van der Waals surface area (Å²) in [6.45, 7) is 15.9. The highest BCUT2D eigenvalue weighted by Gasteiger charge is 2.21. The number of aryl methyl sites for hydroxylation is 2. The van der Waals surface area contributed by atoms with Crippen LogP contribution in [-0.4, -0.2) is 9.13 Å². The molecule has 0 bridgehead atoms. The highest BCUT2D eigenvalue weighted by molar-refractivity contribution is 6.23. The molecule has 11 rings (SSSR count). The number of hydrogen-bond acceptors (Lipinski definition) is 3. The monoisotopic (exact) mass is 824 g/mol. The van der Waals surface area contributed by atoms with E-state index < -0.39 is 0 Å². The number of allylic oxidation sites excluding steroid dienone is 3. The second kappa shape index (κ2) is 20.0. The topological polar surface area (TPSA) is 75.0 Å². The van der Waals surface area contributed by atoms with E-state index in [0.29, 0.717) is 0 Å². The highest BCUT2D eigenvalue weighted by atomic mass is 16.3. The van der Waals surface area contributed by atoms with Crippen molar-refractivity contribution in [3.63, 3.8) is 0 Å². The maximum Gasteiger partial charge on any atom is 0.135 e. The summed E-state index contributed by atoms with van der Waals surface area (Å²) in [7, 11) is 0. The zero-order valence-corrected chi connectivity index (χ0v) is 37.1. The Hall–Kier alpha value is -7.44. The third kappa shape index (κ3) is 8.58. The Labute approximate surface area is 370 Å². The van der Waals surface area contributed by atoms with Gasteiger partial charge in [0.1, 0.15) is 11.2 Å². The number of nitrogens with two attached hydrogens (primary N) is 2. The first-order valence-electron chi connectivity index (χ1n) is 21.6. The molecule has 4 N–H and O–H groups in total. The molecule has 11 aromatic rings. The molecule has 63 heavy (non-hydrogen) atoms. The molecule has 5 heteroatoms. The van der Waals surface area contributed by atoms with Gasteiger partial charge in [0.15, 0.2) is 0 Å². The molecule has 8 aromatic carbocycles. The number of benzene rings is 8. The molecule has 0 saturated carbocycles. The molecule has 0 spiro atoms. The lowest BCUT2D eigenvalue weighted by molar-refractivity contribution is 0.669. The number of hydrogen-bond donors (Lipinski definition) is 2. The molecule has 0 saturated heterocycles. The number of nitrogens with zero attached hydrogens (tertiary/aromatic N) is 2. The lowest BCUT2D eigenvalue weighted by Gasteiger charge is -2.13. The van der Waals surface area contributed by atoms with E-state index in [1.807, 2.05) is 70.2 Å². The molecule has 3 aromatic heterocycles. The fourth-order valence-electron chi connectivity index (χ4n) is 8.31. The number of fused-ring (bicyclic) bond motifs is 10. The highest BCUT2D eigenvalue weighted by Crippen LogP contribution is 2.42. The summed E-state index contributed by atoms with van der Waals surface area (Å²) in [4.78, 5) is 0. The van der Waals surface area contributed by atoms with Crippen molar-refractivity contribution in [2.24, 2.45) is 11.7 Å². The van der Waals surface area contributed by atoms with Crippen LogP contribution < -0.4 is 11.7 Å². The molecule has 3 heterocycles. The normalized spacial score (nSPS) is 11.0. The number of aromatic nitrogens is 2. The van der Waals surface area contributed by atoms with Gasteiger partial charge in [-0.25, -0.2) is 0 Å². The number of para-hydroxylation sites is 3. The first-order valence-corrected chi connectivity index (χ1v) is 21.6. The van der Waals surface area contributed by atoms with Crippen molar-refractivity contribution in [3.8, 4) is 22.5 Å². The zero-order valence-electron chi connectivity index (χ0n) is 37.1. The smallest absolute Gasteiger partial charge is 0.135 e. The summed E-state index contributed by atoms with van der Waals surface area (Å²) >= 11 is 0. The Morgan fingerprint density at radius 2 is 1.02 bits per heavy atom.